The number of hydrogen-bond acceptors (Lipinski definition) is 2. The van der Waals surface area contributed by atoms with Crippen LogP contribution in [0, 0.1) is 6.92 Å². The molecule has 2 aromatic rings. The highest BCUT2D eigenvalue weighted by atomic mass is 16.5. The maximum Gasteiger partial charge on any atom is 0.167 e. The average Bonchev–Trinajstić information content (AvgIpc) is 2.53. The lowest BCUT2D eigenvalue weighted by Gasteiger charge is -1.82. The van der Waals surface area contributed by atoms with E-state index in [9.17, 15) is 0 Å². The van der Waals surface area contributed by atoms with Crippen LogP contribution >= 0.6 is 0 Å². The minimum Gasteiger partial charge on any atom is -0.356 e. The summed E-state index contributed by atoms with van der Waals surface area (Å²) in [5.74, 6) is 0. The average molecular weight is 163 g/mol. The van der Waals surface area contributed by atoms with Gasteiger partial charge in [0.05, 0.1) is 5.69 Å². The van der Waals surface area contributed by atoms with E-state index in [1.807, 2.05) is 45.0 Å². The molecule has 0 N–H and O–H groups in total. The molecule has 0 unspecified atom stereocenters. The summed E-state index contributed by atoms with van der Waals surface area (Å²) < 4.78 is 5.00. The zero-order valence-corrected chi connectivity index (χ0v) is 7.66. The second kappa shape index (κ2) is 3.90. The molecule has 2 rings (SSSR count). The van der Waals surface area contributed by atoms with E-state index < -0.39 is 0 Å². The van der Waals surface area contributed by atoms with Gasteiger partial charge >= 0.3 is 0 Å². The molecule has 1 heterocycles. The number of fused-ring (bicyclic) bond motifs is 1. The van der Waals surface area contributed by atoms with Crippen LogP contribution in [0.5, 0.6) is 0 Å². The molecule has 0 bridgehead atoms. The van der Waals surface area contributed by atoms with Crippen molar-refractivity contribution in [2.75, 3.05) is 0 Å². The highest BCUT2D eigenvalue weighted by Crippen LogP contribution is 2.15. The first-order valence-corrected chi connectivity index (χ1v) is 4.19. The fourth-order valence-corrected chi connectivity index (χ4v) is 1.01. The Labute approximate surface area is 72.2 Å². The van der Waals surface area contributed by atoms with Crippen molar-refractivity contribution in [2.24, 2.45) is 0 Å². The third-order valence-corrected chi connectivity index (χ3v) is 1.56. The van der Waals surface area contributed by atoms with E-state index in [0.29, 0.717) is 0 Å². The van der Waals surface area contributed by atoms with Gasteiger partial charge in [-0.15, -0.1) is 0 Å². The van der Waals surface area contributed by atoms with E-state index in [2.05, 4.69) is 5.16 Å². The van der Waals surface area contributed by atoms with Gasteiger partial charge in [-0.3, -0.25) is 0 Å². The Morgan fingerprint density at radius 3 is 2.50 bits per heavy atom. The number of hydrogen-bond donors (Lipinski definition) is 0. The van der Waals surface area contributed by atoms with Crippen LogP contribution in [0.1, 0.15) is 19.5 Å². The summed E-state index contributed by atoms with van der Waals surface area (Å²) in [5, 5.41) is 4.92. The third kappa shape index (κ3) is 1.47. The second-order valence-electron chi connectivity index (χ2n) is 2.26. The minimum atomic E-state index is 0.861. The van der Waals surface area contributed by atoms with E-state index in [1.54, 1.807) is 0 Å². The smallest absolute Gasteiger partial charge is 0.167 e. The lowest BCUT2D eigenvalue weighted by Crippen LogP contribution is -1.66. The first-order chi connectivity index (χ1) is 5.88. The van der Waals surface area contributed by atoms with E-state index in [0.717, 1.165) is 16.7 Å². The van der Waals surface area contributed by atoms with E-state index in [-0.39, 0.29) is 0 Å². The van der Waals surface area contributed by atoms with Crippen LogP contribution < -0.4 is 0 Å². The second-order valence-corrected chi connectivity index (χ2v) is 2.26. The molecule has 0 radical (unpaired) electrons. The highest BCUT2D eigenvalue weighted by molar-refractivity contribution is 5.78. The van der Waals surface area contributed by atoms with Crippen LogP contribution in [0.3, 0.4) is 0 Å². The van der Waals surface area contributed by atoms with Crippen molar-refractivity contribution < 1.29 is 4.52 Å². The van der Waals surface area contributed by atoms with Crippen LogP contribution in [-0.4, -0.2) is 5.16 Å². The molecule has 1 aromatic carbocycles. The zero-order chi connectivity index (χ0) is 8.97. The molecule has 0 fully saturated rings. The number of rotatable bonds is 0. The summed E-state index contributed by atoms with van der Waals surface area (Å²) >= 11 is 0. The van der Waals surface area contributed by atoms with E-state index >= 15 is 0 Å². The Kier molecular flexibility index (Phi) is 2.86. The quantitative estimate of drug-likeness (QED) is 0.596. The summed E-state index contributed by atoms with van der Waals surface area (Å²) in [6, 6.07) is 7.83. The van der Waals surface area contributed by atoms with Crippen LogP contribution in [0.4, 0.5) is 0 Å². The van der Waals surface area contributed by atoms with E-state index in [1.165, 1.54) is 0 Å². The topological polar surface area (TPSA) is 26.0 Å². The predicted octanol–water partition coefficient (Wildman–Crippen LogP) is 3.16. The van der Waals surface area contributed by atoms with Crippen molar-refractivity contribution in [3.8, 4) is 0 Å². The van der Waals surface area contributed by atoms with Crippen molar-refractivity contribution in [2.45, 2.75) is 20.8 Å². The molecular weight excluding hydrogens is 150 g/mol. The first kappa shape index (κ1) is 8.78. The summed E-state index contributed by atoms with van der Waals surface area (Å²) in [6.07, 6.45) is 0. The standard InChI is InChI=1S/C8H7NO.C2H6/c1-6-7-4-2-3-5-8(7)10-9-6;1-2/h2-5H,1H3;1-2H3. The molecule has 0 saturated heterocycles. The third-order valence-electron chi connectivity index (χ3n) is 1.56. The number of nitrogens with zero attached hydrogens (tertiary/aromatic N) is 1. The number of para-hydroxylation sites is 1. The molecule has 0 aliphatic rings. The van der Waals surface area contributed by atoms with Gasteiger partial charge in [-0.05, 0) is 19.1 Å². The normalized spacial score (nSPS) is 9.25. The molecule has 2 heteroatoms. The summed E-state index contributed by atoms with van der Waals surface area (Å²) in [6.45, 7) is 5.94. The molecular formula is C10H13NO. The Balaban J connectivity index is 0.000000336. The lowest BCUT2D eigenvalue weighted by atomic mass is 10.2. The number of aromatic nitrogens is 1. The zero-order valence-electron chi connectivity index (χ0n) is 7.66. The van der Waals surface area contributed by atoms with Gasteiger partial charge in [0.25, 0.3) is 0 Å². The van der Waals surface area contributed by atoms with Gasteiger partial charge in [0.15, 0.2) is 5.58 Å². The van der Waals surface area contributed by atoms with Gasteiger partial charge in [0.1, 0.15) is 0 Å². The highest BCUT2D eigenvalue weighted by Gasteiger charge is 1.99. The van der Waals surface area contributed by atoms with Crippen molar-refractivity contribution in [1.29, 1.82) is 0 Å². The van der Waals surface area contributed by atoms with Gasteiger partial charge in [-0.25, -0.2) is 0 Å². The van der Waals surface area contributed by atoms with Crippen molar-refractivity contribution in [3.05, 3.63) is 30.0 Å². The SMILES string of the molecule is CC.Cc1noc2ccccc12. The van der Waals surface area contributed by atoms with Crippen molar-refractivity contribution in [3.63, 3.8) is 0 Å². The molecule has 12 heavy (non-hydrogen) atoms. The molecule has 0 saturated carbocycles. The molecule has 1 aromatic heterocycles. The maximum atomic E-state index is 5.00. The van der Waals surface area contributed by atoms with Crippen LogP contribution in [0.15, 0.2) is 28.8 Å². The predicted molar refractivity (Wildman–Crippen MR) is 50.1 cm³/mol. The Hall–Kier alpha value is -1.31. The van der Waals surface area contributed by atoms with Crippen LogP contribution in [0.25, 0.3) is 11.0 Å². The number of benzene rings is 1. The van der Waals surface area contributed by atoms with Gasteiger partial charge < -0.3 is 4.52 Å². The first-order valence-electron chi connectivity index (χ1n) is 4.19. The molecule has 0 amide bonds. The van der Waals surface area contributed by atoms with Gasteiger partial charge in [0.2, 0.25) is 0 Å². The summed E-state index contributed by atoms with van der Waals surface area (Å²) in [7, 11) is 0. The van der Waals surface area contributed by atoms with Crippen molar-refractivity contribution >= 4 is 11.0 Å². The minimum absolute atomic E-state index is 0.861. The molecule has 0 spiro atoms. The van der Waals surface area contributed by atoms with Gasteiger partial charge in [0, 0.05) is 5.39 Å². The molecule has 0 atom stereocenters. The molecule has 64 valence electrons. The lowest BCUT2D eigenvalue weighted by molar-refractivity contribution is 0.450. The van der Waals surface area contributed by atoms with Crippen LogP contribution in [-0.2, 0) is 0 Å². The fourth-order valence-electron chi connectivity index (χ4n) is 1.01. The van der Waals surface area contributed by atoms with E-state index in [4.69, 9.17) is 4.52 Å². The summed E-state index contributed by atoms with van der Waals surface area (Å²) in [5.41, 5.74) is 1.82. The molecule has 0 aliphatic carbocycles. The van der Waals surface area contributed by atoms with Crippen molar-refractivity contribution in [1.82, 2.24) is 5.16 Å². The Bertz CT molecular complexity index is 351. The maximum absolute atomic E-state index is 5.00. The fraction of sp³-hybridized carbons (Fsp3) is 0.300. The van der Waals surface area contributed by atoms with Crippen LogP contribution in [0.2, 0.25) is 0 Å². The Morgan fingerprint density at radius 2 is 1.83 bits per heavy atom. The van der Waals surface area contributed by atoms with Gasteiger partial charge in [-0.2, -0.15) is 0 Å². The molecule has 2 nitrogen and oxygen atoms in total. The molecule has 0 aliphatic heterocycles. The monoisotopic (exact) mass is 163 g/mol. The van der Waals surface area contributed by atoms with Gasteiger partial charge in [-0.1, -0.05) is 31.1 Å². The number of aryl methyl sites for hydroxylation is 1. The Morgan fingerprint density at radius 1 is 1.17 bits per heavy atom. The summed E-state index contributed by atoms with van der Waals surface area (Å²) in [4.78, 5) is 0. The largest absolute Gasteiger partial charge is 0.356 e.